The lowest BCUT2D eigenvalue weighted by atomic mass is 10.1. The van der Waals surface area contributed by atoms with Gasteiger partial charge in [0.05, 0.1) is 6.54 Å². The maximum atomic E-state index is 12.2. The van der Waals surface area contributed by atoms with E-state index < -0.39 is 0 Å². The highest BCUT2D eigenvalue weighted by Gasteiger charge is 2.25. The molecule has 1 fully saturated rings. The molecular weight excluding hydrogens is 270 g/mol. The van der Waals surface area contributed by atoms with Crippen LogP contribution in [0.25, 0.3) is 0 Å². The number of hydrogen-bond donors (Lipinski definition) is 1. The van der Waals surface area contributed by atoms with Crippen LogP contribution in [0.5, 0.6) is 0 Å². The lowest BCUT2D eigenvalue weighted by Gasteiger charge is -2.08. The second-order valence-electron chi connectivity index (χ2n) is 5.35. The molecule has 104 valence electrons. The molecule has 0 saturated heterocycles. The fourth-order valence-corrected chi connectivity index (χ4v) is 2.52. The zero-order valence-electron chi connectivity index (χ0n) is 11.4. The molecule has 5 heteroatoms. The van der Waals surface area contributed by atoms with E-state index in [1.54, 1.807) is 4.57 Å². The van der Waals surface area contributed by atoms with Gasteiger partial charge in [-0.2, -0.15) is 0 Å². The molecular formula is C15H17N3OS. The first-order valence-electron chi connectivity index (χ1n) is 6.73. The highest BCUT2D eigenvalue weighted by molar-refractivity contribution is 7.80. The fraction of sp³-hybridized carbons (Fsp3) is 0.333. The molecule has 20 heavy (non-hydrogen) atoms. The molecule has 4 nitrogen and oxygen atoms in total. The highest BCUT2D eigenvalue weighted by Crippen LogP contribution is 2.33. The molecule has 2 aromatic rings. The minimum Gasteiger partial charge on any atom is -0.389 e. The van der Waals surface area contributed by atoms with Crippen molar-refractivity contribution < 1.29 is 0 Å². The predicted molar refractivity (Wildman–Crippen MR) is 83.1 cm³/mol. The normalized spacial score (nSPS) is 14.4. The summed E-state index contributed by atoms with van der Waals surface area (Å²) in [4.78, 5) is 12.6. The summed E-state index contributed by atoms with van der Waals surface area (Å²) in [7, 11) is 0. The van der Waals surface area contributed by atoms with Crippen LogP contribution in [0.3, 0.4) is 0 Å². The van der Waals surface area contributed by atoms with Gasteiger partial charge in [0.15, 0.2) is 0 Å². The molecule has 0 radical (unpaired) electrons. The molecule has 0 aliphatic heterocycles. The summed E-state index contributed by atoms with van der Waals surface area (Å²) < 4.78 is 3.58. The molecule has 1 aliphatic rings. The summed E-state index contributed by atoms with van der Waals surface area (Å²) in [5.41, 5.74) is 8.78. The first-order chi connectivity index (χ1) is 9.56. The van der Waals surface area contributed by atoms with Crippen LogP contribution >= 0.6 is 12.2 Å². The van der Waals surface area contributed by atoms with Crippen molar-refractivity contribution in [2.75, 3.05) is 0 Å². The van der Waals surface area contributed by atoms with Gasteiger partial charge in [0.1, 0.15) is 4.99 Å². The van der Waals surface area contributed by atoms with Gasteiger partial charge in [-0.15, -0.1) is 0 Å². The third-order valence-corrected chi connectivity index (χ3v) is 4.02. The average molecular weight is 287 g/mol. The van der Waals surface area contributed by atoms with Crippen LogP contribution in [-0.4, -0.2) is 14.1 Å². The van der Waals surface area contributed by atoms with Gasteiger partial charge < -0.3 is 5.73 Å². The monoisotopic (exact) mass is 287 g/mol. The maximum Gasteiger partial charge on any atom is 0.328 e. The van der Waals surface area contributed by atoms with Crippen molar-refractivity contribution in [2.45, 2.75) is 32.4 Å². The third-order valence-electron chi connectivity index (χ3n) is 3.78. The minimum atomic E-state index is 0.0744. The van der Waals surface area contributed by atoms with E-state index in [0.717, 1.165) is 29.5 Å². The van der Waals surface area contributed by atoms with Gasteiger partial charge in [-0.25, -0.2) is 4.79 Å². The van der Waals surface area contributed by atoms with E-state index in [1.165, 1.54) is 0 Å². The summed E-state index contributed by atoms with van der Waals surface area (Å²) >= 11 is 4.97. The number of hydrogen-bond acceptors (Lipinski definition) is 2. The largest absolute Gasteiger partial charge is 0.389 e. The summed E-state index contributed by atoms with van der Waals surface area (Å²) in [5, 5.41) is 0. The van der Waals surface area contributed by atoms with Crippen molar-refractivity contribution in [1.29, 1.82) is 0 Å². The molecule has 0 amide bonds. The van der Waals surface area contributed by atoms with Crippen molar-refractivity contribution >= 4 is 17.2 Å². The van der Waals surface area contributed by atoms with E-state index in [4.69, 9.17) is 18.0 Å². The van der Waals surface area contributed by atoms with Gasteiger partial charge in [-0.3, -0.25) is 9.13 Å². The van der Waals surface area contributed by atoms with Crippen LogP contribution < -0.4 is 11.4 Å². The number of rotatable bonds is 4. The average Bonchev–Trinajstić information content (AvgIpc) is 3.18. The molecule has 0 spiro atoms. The summed E-state index contributed by atoms with van der Waals surface area (Å²) in [6, 6.07) is 6.29. The molecule has 0 unspecified atom stereocenters. The zero-order chi connectivity index (χ0) is 14.3. The van der Waals surface area contributed by atoms with Gasteiger partial charge in [0.25, 0.3) is 0 Å². The Morgan fingerprint density at radius 2 is 2.15 bits per heavy atom. The van der Waals surface area contributed by atoms with Crippen molar-refractivity contribution in [3.8, 4) is 0 Å². The van der Waals surface area contributed by atoms with E-state index in [-0.39, 0.29) is 5.69 Å². The molecule has 3 rings (SSSR count). The van der Waals surface area contributed by atoms with Crippen LogP contribution in [0.1, 0.15) is 35.6 Å². The van der Waals surface area contributed by atoms with Gasteiger partial charge in [-0.05, 0) is 37.0 Å². The number of aromatic nitrogens is 2. The quantitative estimate of drug-likeness (QED) is 0.875. The Kier molecular flexibility index (Phi) is 3.22. The van der Waals surface area contributed by atoms with Crippen molar-refractivity contribution in [2.24, 2.45) is 5.73 Å². The van der Waals surface area contributed by atoms with Gasteiger partial charge >= 0.3 is 5.69 Å². The van der Waals surface area contributed by atoms with Crippen molar-refractivity contribution in [1.82, 2.24) is 9.13 Å². The minimum absolute atomic E-state index is 0.0744. The molecule has 1 aliphatic carbocycles. The second-order valence-corrected chi connectivity index (χ2v) is 5.79. The molecule has 2 N–H and O–H groups in total. The van der Waals surface area contributed by atoms with Crippen molar-refractivity contribution in [3.63, 3.8) is 0 Å². The van der Waals surface area contributed by atoms with E-state index in [0.29, 0.717) is 17.6 Å². The predicted octanol–water partition coefficient (Wildman–Crippen LogP) is 1.98. The van der Waals surface area contributed by atoms with E-state index >= 15 is 0 Å². The number of nitrogens with zero attached hydrogens (tertiary/aromatic N) is 2. The third kappa shape index (κ3) is 2.41. The summed E-state index contributed by atoms with van der Waals surface area (Å²) in [6.45, 7) is 2.60. The van der Waals surface area contributed by atoms with Gasteiger partial charge in [-0.1, -0.05) is 24.4 Å². The molecule has 1 heterocycles. The number of imidazole rings is 1. The lowest BCUT2D eigenvalue weighted by Crippen LogP contribution is -2.24. The Labute approximate surface area is 122 Å². The Bertz CT molecular complexity index is 725. The Balaban J connectivity index is 1.87. The van der Waals surface area contributed by atoms with Crippen molar-refractivity contribution in [3.05, 3.63) is 57.8 Å². The van der Waals surface area contributed by atoms with Crippen LogP contribution in [0, 0.1) is 6.92 Å². The summed E-state index contributed by atoms with van der Waals surface area (Å²) in [5.74, 6) is 0. The van der Waals surface area contributed by atoms with E-state index in [1.807, 2.05) is 42.1 Å². The molecule has 0 bridgehead atoms. The van der Waals surface area contributed by atoms with E-state index in [9.17, 15) is 4.79 Å². The second kappa shape index (κ2) is 4.90. The first-order valence-corrected chi connectivity index (χ1v) is 7.13. The molecule has 1 aromatic heterocycles. The van der Waals surface area contributed by atoms with Crippen LogP contribution in [0.15, 0.2) is 35.4 Å². The molecule has 0 atom stereocenters. The van der Waals surface area contributed by atoms with Gasteiger partial charge in [0, 0.05) is 24.0 Å². The zero-order valence-corrected chi connectivity index (χ0v) is 12.2. The van der Waals surface area contributed by atoms with Crippen LogP contribution in [0.2, 0.25) is 0 Å². The Morgan fingerprint density at radius 1 is 1.40 bits per heavy atom. The number of benzene rings is 1. The smallest absolute Gasteiger partial charge is 0.328 e. The van der Waals surface area contributed by atoms with Crippen LogP contribution in [0.4, 0.5) is 0 Å². The number of aryl methyl sites for hydroxylation is 1. The topological polar surface area (TPSA) is 52.9 Å². The van der Waals surface area contributed by atoms with Gasteiger partial charge in [0.2, 0.25) is 0 Å². The molecule has 1 aromatic carbocycles. The fourth-order valence-electron chi connectivity index (χ4n) is 2.39. The Morgan fingerprint density at radius 3 is 2.75 bits per heavy atom. The standard InChI is InChI=1S/C15H17N3OS/c1-10-8-11(14(16)20)2-3-12(10)9-17-6-7-18(15(17)19)13-4-5-13/h2-3,6-8,13H,4-5,9H2,1H3,(H2,16,20). The SMILES string of the molecule is Cc1cc(C(N)=S)ccc1Cn1ccn(C2CC2)c1=O. The highest BCUT2D eigenvalue weighted by atomic mass is 32.1. The Hall–Kier alpha value is -1.88. The molecule has 1 saturated carbocycles. The first kappa shape index (κ1) is 13.1. The number of nitrogens with two attached hydrogens (primary N) is 1. The van der Waals surface area contributed by atoms with Crippen LogP contribution in [-0.2, 0) is 6.54 Å². The van der Waals surface area contributed by atoms with E-state index in [2.05, 4.69) is 0 Å². The maximum absolute atomic E-state index is 12.2. The number of thiocarbonyl (C=S) groups is 1. The summed E-state index contributed by atoms with van der Waals surface area (Å²) in [6.07, 6.45) is 5.98. The lowest BCUT2D eigenvalue weighted by molar-refractivity contribution is 0.655.